The lowest BCUT2D eigenvalue weighted by Crippen LogP contribution is -2.48. The van der Waals surface area contributed by atoms with Crippen LogP contribution in [0.3, 0.4) is 0 Å². The van der Waals surface area contributed by atoms with Crippen molar-refractivity contribution in [2.45, 2.75) is 6.18 Å². The number of carbonyl (C=O) groups excluding carboxylic acids is 2. The van der Waals surface area contributed by atoms with E-state index in [9.17, 15) is 22.8 Å². The zero-order valence-corrected chi connectivity index (χ0v) is 17.2. The highest BCUT2D eigenvalue weighted by Gasteiger charge is 2.32. The lowest BCUT2D eigenvalue weighted by molar-refractivity contribution is -0.137. The summed E-state index contributed by atoms with van der Waals surface area (Å²) in [4.78, 5) is 31.0. The monoisotopic (exact) mass is 434 g/mol. The second-order valence-corrected chi connectivity index (χ2v) is 7.56. The highest BCUT2D eigenvalue weighted by Crippen LogP contribution is 2.30. The number of amides is 2. The van der Waals surface area contributed by atoms with Crippen LogP contribution in [0.25, 0.3) is 0 Å². The summed E-state index contributed by atoms with van der Waals surface area (Å²) in [6, 6.07) is 10.7. The molecule has 31 heavy (non-hydrogen) atoms. The number of nitrogens with zero attached hydrogens (tertiary/aromatic N) is 3. The van der Waals surface area contributed by atoms with Crippen molar-refractivity contribution in [1.82, 2.24) is 9.80 Å². The summed E-state index contributed by atoms with van der Waals surface area (Å²) in [7, 11) is 2.03. The molecule has 0 spiro atoms. The first-order chi connectivity index (χ1) is 14.7. The number of likely N-dealkylation sites (N-methyl/N-ethyl adjacent to an activating group) is 1. The summed E-state index contributed by atoms with van der Waals surface area (Å²) >= 11 is 0. The Kier molecular flexibility index (Phi) is 6.97. The highest BCUT2D eigenvalue weighted by atomic mass is 19.4. The number of anilines is 1. The Balaban J connectivity index is 1.92. The molecule has 0 bridgehead atoms. The number of alkyl halides is 3. The van der Waals surface area contributed by atoms with E-state index in [-0.39, 0.29) is 23.4 Å². The van der Waals surface area contributed by atoms with Gasteiger partial charge in [-0.25, -0.2) is 0 Å². The van der Waals surface area contributed by atoms with Gasteiger partial charge in [-0.05, 0) is 37.4 Å². The molecule has 1 aliphatic rings. The molecule has 0 unspecified atom stereocenters. The largest absolute Gasteiger partial charge is 0.416 e. The van der Waals surface area contributed by atoms with Crippen LogP contribution in [0.4, 0.5) is 18.9 Å². The molecule has 0 saturated carbocycles. The number of hydrogen-bond acceptors (Lipinski definition) is 4. The van der Waals surface area contributed by atoms with Gasteiger partial charge >= 0.3 is 6.18 Å². The maximum Gasteiger partial charge on any atom is 0.416 e. The number of halogens is 3. The van der Waals surface area contributed by atoms with E-state index in [0.717, 1.165) is 38.3 Å². The fourth-order valence-electron chi connectivity index (χ4n) is 3.55. The summed E-state index contributed by atoms with van der Waals surface area (Å²) in [6.07, 6.45) is -4.56. The van der Waals surface area contributed by atoms with Crippen molar-refractivity contribution in [3.8, 4) is 0 Å². The third-order valence-corrected chi connectivity index (χ3v) is 5.38. The minimum absolute atomic E-state index is 0.104. The van der Waals surface area contributed by atoms with Crippen LogP contribution in [0, 0.1) is 0 Å². The molecule has 1 heterocycles. The predicted octanol–water partition coefficient (Wildman–Crippen LogP) is 2.70. The SMILES string of the molecule is CN1CCN(CCN(C(=O)c2cccc(C(F)(F)F)c2)c2ccccc2C(N)=O)CC1. The number of piperazine rings is 1. The molecule has 0 atom stereocenters. The van der Waals surface area contributed by atoms with Gasteiger partial charge in [-0.3, -0.25) is 14.5 Å². The average Bonchev–Trinajstić information content (AvgIpc) is 2.74. The van der Waals surface area contributed by atoms with Crippen molar-refractivity contribution in [2.24, 2.45) is 5.73 Å². The number of nitrogens with two attached hydrogens (primary N) is 1. The van der Waals surface area contributed by atoms with E-state index in [0.29, 0.717) is 6.54 Å². The van der Waals surface area contributed by atoms with E-state index in [4.69, 9.17) is 5.73 Å². The van der Waals surface area contributed by atoms with Crippen LogP contribution in [0.5, 0.6) is 0 Å². The zero-order valence-electron chi connectivity index (χ0n) is 17.2. The molecule has 2 aromatic rings. The van der Waals surface area contributed by atoms with Crippen molar-refractivity contribution in [2.75, 3.05) is 51.2 Å². The number of para-hydroxylation sites is 1. The summed E-state index contributed by atoms with van der Waals surface area (Å²) in [5.41, 5.74) is 4.90. The van der Waals surface area contributed by atoms with Crippen molar-refractivity contribution in [3.05, 3.63) is 65.2 Å². The second-order valence-electron chi connectivity index (χ2n) is 7.56. The van der Waals surface area contributed by atoms with Gasteiger partial charge in [0.25, 0.3) is 11.8 Å². The third kappa shape index (κ3) is 5.62. The van der Waals surface area contributed by atoms with Crippen LogP contribution in [0.1, 0.15) is 26.3 Å². The van der Waals surface area contributed by atoms with E-state index in [1.165, 1.54) is 23.1 Å². The Labute approximate surface area is 179 Å². The molecular weight excluding hydrogens is 409 g/mol. The van der Waals surface area contributed by atoms with Crippen LogP contribution < -0.4 is 10.6 Å². The van der Waals surface area contributed by atoms with E-state index in [1.54, 1.807) is 18.2 Å². The minimum Gasteiger partial charge on any atom is -0.366 e. The van der Waals surface area contributed by atoms with Crippen LogP contribution in [-0.2, 0) is 6.18 Å². The van der Waals surface area contributed by atoms with Crippen molar-refractivity contribution < 1.29 is 22.8 Å². The van der Waals surface area contributed by atoms with E-state index in [1.807, 2.05) is 7.05 Å². The molecule has 166 valence electrons. The average molecular weight is 434 g/mol. The lowest BCUT2D eigenvalue weighted by atomic mass is 10.1. The molecule has 2 aromatic carbocycles. The lowest BCUT2D eigenvalue weighted by Gasteiger charge is -2.34. The van der Waals surface area contributed by atoms with Gasteiger partial charge in [-0.2, -0.15) is 13.2 Å². The van der Waals surface area contributed by atoms with Gasteiger partial charge < -0.3 is 15.5 Å². The highest BCUT2D eigenvalue weighted by molar-refractivity contribution is 6.10. The molecule has 9 heteroatoms. The first-order valence-corrected chi connectivity index (χ1v) is 9.95. The molecule has 0 aromatic heterocycles. The van der Waals surface area contributed by atoms with Gasteiger partial charge in [-0.15, -0.1) is 0 Å². The molecule has 2 N–H and O–H groups in total. The van der Waals surface area contributed by atoms with Gasteiger partial charge in [0, 0.05) is 44.8 Å². The Morgan fingerprint density at radius 1 is 1.03 bits per heavy atom. The van der Waals surface area contributed by atoms with Crippen molar-refractivity contribution in [3.63, 3.8) is 0 Å². The Morgan fingerprint density at radius 2 is 1.71 bits per heavy atom. The number of hydrogen-bond donors (Lipinski definition) is 1. The zero-order chi connectivity index (χ0) is 22.6. The summed E-state index contributed by atoms with van der Waals surface area (Å²) < 4.78 is 39.5. The fraction of sp³-hybridized carbons (Fsp3) is 0.364. The molecule has 0 radical (unpaired) electrons. The summed E-state index contributed by atoms with van der Waals surface area (Å²) in [5.74, 6) is -1.33. The maximum absolute atomic E-state index is 13.3. The minimum atomic E-state index is -4.56. The number of benzene rings is 2. The first-order valence-electron chi connectivity index (χ1n) is 9.95. The van der Waals surface area contributed by atoms with E-state index >= 15 is 0 Å². The van der Waals surface area contributed by atoms with Crippen LogP contribution in [0.2, 0.25) is 0 Å². The normalized spacial score (nSPS) is 15.6. The molecule has 3 rings (SSSR count). The van der Waals surface area contributed by atoms with Crippen LogP contribution in [0.15, 0.2) is 48.5 Å². The van der Waals surface area contributed by atoms with E-state index in [2.05, 4.69) is 9.80 Å². The Morgan fingerprint density at radius 3 is 2.35 bits per heavy atom. The number of primary amides is 1. The smallest absolute Gasteiger partial charge is 0.366 e. The van der Waals surface area contributed by atoms with Crippen molar-refractivity contribution >= 4 is 17.5 Å². The van der Waals surface area contributed by atoms with Gasteiger partial charge in [0.2, 0.25) is 0 Å². The van der Waals surface area contributed by atoms with Crippen LogP contribution >= 0.6 is 0 Å². The number of carbonyl (C=O) groups is 2. The molecule has 0 aliphatic carbocycles. The molecule has 1 fully saturated rings. The fourth-order valence-corrected chi connectivity index (χ4v) is 3.55. The Hall–Kier alpha value is -2.91. The second kappa shape index (κ2) is 9.49. The number of rotatable bonds is 6. The van der Waals surface area contributed by atoms with Gasteiger partial charge in [0.05, 0.1) is 16.8 Å². The Bertz CT molecular complexity index is 940. The van der Waals surface area contributed by atoms with Crippen molar-refractivity contribution in [1.29, 1.82) is 0 Å². The summed E-state index contributed by atoms with van der Waals surface area (Å²) in [5, 5.41) is 0. The quantitative estimate of drug-likeness (QED) is 0.759. The molecule has 1 saturated heterocycles. The van der Waals surface area contributed by atoms with E-state index < -0.39 is 23.6 Å². The van der Waals surface area contributed by atoms with Crippen LogP contribution in [-0.4, -0.2) is 67.9 Å². The first kappa shape index (κ1) is 22.8. The van der Waals surface area contributed by atoms with Gasteiger partial charge in [-0.1, -0.05) is 18.2 Å². The molecular formula is C22H25F3N4O2. The standard InChI is InChI=1S/C22H25F3N4O2/c1-27-9-11-28(12-10-27)13-14-29(19-8-3-2-7-18(19)20(26)30)21(31)16-5-4-6-17(15-16)22(23,24)25/h2-8,15H,9-14H2,1H3,(H2,26,30). The molecule has 1 aliphatic heterocycles. The molecule has 6 nitrogen and oxygen atoms in total. The van der Waals surface area contributed by atoms with Gasteiger partial charge in [0.15, 0.2) is 0 Å². The topological polar surface area (TPSA) is 69.9 Å². The third-order valence-electron chi connectivity index (χ3n) is 5.38. The maximum atomic E-state index is 13.3. The summed E-state index contributed by atoms with van der Waals surface area (Å²) in [6.45, 7) is 4.15. The van der Waals surface area contributed by atoms with Gasteiger partial charge in [0.1, 0.15) is 0 Å². The predicted molar refractivity (Wildman–Crippen MR) is 112 cm³/mol. The molecule has 2 amide bonds.